The van der Waals surface area contributed by atoms with Gasteiger partial charge in [-0.2, -0.15) is 0 Å². The summed E-state index contributed by atoms with van der Waals surface area (Å²) in [6.45, 7) is 11.4. The topological polar surface area (TPSA) is 71.1 Å². The molecule has 1 N–H and O–H groups in total. The van der Waals surface area contributed by atoms with Crippen molar-refractivity contribution < 1.29 is 19.1 Å². The summed E-state index contributed by atoms with van der Waals surface area (Å²) < 4.78 is 11.4. The van der Waals surface area contributed by atoms with Gasteiger partial charge in [-0.25, -0.2) is 0 Å². The number of unbranched alkanes of at least 4 members (excludes halogenated alkanes) is 21. The molecule has 0 saturated heterocycles. The van der Waals surface area contributed by atoms with E-state index >= 15 is 0 Å². The van der Waals surface area contributed by atoms with Gasteiger partial charge in [0.2, 0.25) is 0 Å². The number of carbonyl (C=O) groups is 2. The van der Waals surface area contributed by atoms with E-state index in [9.17, 15) is 9.59 Å². The number of nitrogens with one attached hydrogen (secondary N) is 1. The van der Waals surface area contributed by atoms with Crippen LogP contribution in [0.5, 0.6) is 0 Å². The number of carbonyl (C=O) groups excluding carboxylic acids is 2. The minimum Gasteiger partial charge on any atom is -0.462 e. The molecule has 1 atom stereocenters. The molecule has 324 valence electrons. The van der Waals surface area contributed by atoms with E-state index < -0.39 is 0 Å². The third kappa shape index (κ3) is 39.0. The molecule has 0 aliphatic heterocycles. The molecule has 0 saturated carbocycles. The van der Waals surface area contributed by atoms with Crippen molar-refractivity contribution in [3.05, 3.63) is 12.2 Å². The minimum absolute atomic E-state index is 0.0224. The van der Waals surface area contributed by atoms with Gasteiger partial charge in [-0.05, 0) is 102 Å². The Balaban J connectivity index is 4.36. The molecule has 0 spiro atoms. The summed E-state index contributed by atoms with van der Waals surface area (Å²) >= 11 is 5.40. The molecule has 7 nitrogen and oxygen atoms in total. The summed E-state index contributed by atoms with van der Waals surface area (Å²) in [6.07, 6.45) is 39.8. The maximum Gasteiger partial charge on any atom is 0.306 e. The van der Waals surface area contributed by atoms with E-state index in [0.29, 0.717) is 19.4 Å². The van der Waals surface area contributed by atoms with Crippen LogP contribution in [0.15, 0.2) is 12.2 Å². The number of hydrogen-bond acceptors (Lipinski definition) is 6. The molecule has 8 heteroatoms. The quantitative estimate of drug-likeness (QED) is 0.0284. The fourth-order valence-electron chi connectivity index (χ4n) is 6.98. The van der Waals surface area contributed by atoms with Gasteiger partial charge in [0.25, 0.3) is 0 Å². The first-order chi connectivity index (χ1) is 26.8. The van der Waals surface area contributed by atoms with E-state index in [1.54, 1.807) is 0 Å². The van der Waals surface area contributed by atoms with Crippen LogP contribution in [0.4, 0.5) is 0 Å². The highest BCUT2D eigenvalue weighted by molar-refractivity contribution is 7.80. The third-order valence-corrected chi connectivity index (χ3v) is 11.1. The van der Waals surface area contributed by atoms with Gasteiger partial charge in [-0.15, -0.1) is 0 Å². The number of esters is 2. The average Bonchev–Trinajstić information content (AvgIpc) is 3.17. The van der Waals surface area contributed by atoms with Gasteiger partial charge in [0.1, 0.15) is 12.7 Å². The average molecular weight is 794 g/mol. The van der Waals surface area contributed by atoms with Crippen LogP contribution in [0.3, 0.4) is 0 Å². The predicted octanol–water partition coefficient (Wildman–Crippen LogP) is 12.9. The number of ether oxygens (including phenoxy) is 2. The second kappa shape index (κ2) is 41.9. The Morgan fingerprint density at radius 2 is 1.02 bits per heavy atom. The van der Waals surface area contributed by atoms with Crippen molar-refractivity contribution in [1.29, 1.82) is 0 Å². The van der Waals surface area contributed by atoms with E-state index in [2.05, 4.69) is 37.1 Å². The Morgan fingerprint density at radius 3 is 1.56 bits per heavy atom. The van der Waals surface area contributed by atoms with Gasteiger partial charge in [0.05, 0.1) is 0 Å². The molecule has 0 heterocycles. The summed E-state index contributed by atoms with van der Waals surface area (Å²) in [5, 5.41) is 4.16. The first-order valence-corrected chi connectivity index (χ1v) is 23.9. The van der Waals surface area contributed by atoms with Crippen molar-refractivity contribution in [3.63, 3.8) is 0 Å². The molecule has 0 aliphatic carbocycles. The minimum atomic E-state index is -0.0694. The van der Waals surface area contributed by atoms with E-state index in [4.69, 9.17) is 21.7 Å². The second-order valence-corrected chi connectivity index (χ2v) is 16.6. The maximum atomic E-state index is 12.8. The van der Waals surface area contributed by atoms with Gasteiger partial charge in [-0.1, -0.05) is 148 Å². The summed E-state index contributed by atoms with van der Waals surface area (Å²) in [7, 11) is 3.96. The largest absolute Gasteiger partial charge is 0.462 e. The predicted molar refractivity (Wildman–Crippen MR) is 241 cm³/mol. The zero-order valence-corrected chi connectivity index (χ0v) is 37.9. The van der Waals surface area contributed by atoms with Crippen LogP contribution < -0.4 is 5.32 Å². The number of rotatable bonds is 41. The van der Waals surface area contributed by atoms with Crippen LogP contribution >= 0.6 is 12.2 Å². The molecule has 0 aromatic carbocycles. The van der Waals surface area contributed by atoms with Crippen LogP contribution in [0.2, 0.25) is 0 Å². The molecule has 0 aromatic heterocycles. The van der Waals surface area contributed by atoms with E-state index in [-0.39, 0.29) is 18.0 Å². The number of nitrogens with zero attached hydrogens (tertiary/aromatic N) is 2. The highest BCUT2D eigenvalue weighted by Gasteiger charge is 2.14. The Kier molecular flexibility index (Phi) is 40.7. The number of thiocarbonyl (C=S) groups is 1. The smallest absolute Gasteiger partial charge is 0.306 e. The van der Waals surface area contributed by atoms with Gasteiger partial charge in [0.15, 0.2) is 5.11 Å². The van der Waals surface area contributed by atoms with Crippen LogP contribution in [0.25, 0.3) is 0 Å². The van der Waals surface area contributed by atoms with Crippen molar-refractivity contribution in [2.24, 2.45) is 0 Å². The van der Waals surface area contributed by atoms with Crippen molar-refractivity contribution >= 4 is 29.3 Å². The molecular formula is C47H91N3O4S. The molecular weight excluding hydrogens is 703 g/mol. The van der Waals surface area contributed by atoms with Gasteiger partial charge in [-0.3, -0.25) is 9.59 Å². The lowest BCUT2D eigenvalue weighted by molar-refractivity contribution is -0.150. The fourth-order valence-corrected chi connectivity index (χ4v) is 7.09. The van der Waals surface area contributed by atoms with Crippen molar-refractivity contribution in [1.82, 2.24) is 15.1 Å². The number of allylic oxidation sites excluding steroid dienone is 1. The highest BCUT2D eigenvalue weighted by Crippen LogP contribution is 2.18. The Bertz CT molecular complexity index is 899. The van der Waals surface area contributed by atoms with E-state index in [1.807, 2.05) is 25.1 Å². The SMILES string of the molecule is CCCCCC/C=C\COC(=O)CCCCCCCN(CCCCCCCC(=O)OC(CCCCCCC)CCCCCCCC)CCCNC(=S)N(C)C. The maximum absolute atomic E-state index is 12.8. The van der Waals surface area contributed by atoms with Crippen molar-refractivity contribution in [2.45, 2.75) is 226 Å². The lowest BCUT2D eigenvalue weighted by Gasteiger charge is -2.23. The Labute approximate surface area is 347 Å². The monoisotopic (exact) mass is 794 g/mol. The van der Waals surface area contributed by atoms with Crippen molar-refractivity contribution in [3.8, 4) is 0 Å². The molecule has 0 bridgehead atoms. The molecule has 0 fully saturated rings. The zero-order valence-electron chi connectivity index (χ0n) is 37.1. The van der Waals surface area contributed by atoms with Crippen LogP contribution in [0, 0.1) is 0 Å². The lowest BCUT2D eigenvalue weighted by Crippen LogP contribution is -2.36. The molecule has 0 amide bonds. The molecule has 55 heavy (non-hydrogen) atoms. The van der Waals surface area contributed by atoms with Gasteiger partial charge in [0, 0.05) is 33.5 Å². The molecule has 1 unspecified atom stereocenters. The zero-order chi connectivity index (χ0) is 40.5. The standard InChI is InChI=1S/C47H91N3O4S/c1-6-9-12-15-17-26-33-43-53-45(51)37-29-22-18-24-31-40-50(42-34-39-48-47(55)49(4)5)41-32-25-19-23-30-38-46(52)54-44(35-27-20-14-11-8-3)36-28-21-16-13-10-7-2/h26,33,44H,6-25,27-32,34-43H2,1-5H3,(H,48,55)/b33-26-. The summed E-state index contributed by atoms with van der Waals surface area (Å²) in [5.74, 6) is -0.0470. The van der Waals surface area contributed by atoms with Crippen molar-refractivity contribution in [2.75, 3.05) is 46.9 Å². The van der Waals surface area contributed by atoms with E-state index in [1.165, 1.54) is 135 Å². The molecule has 0 aromatic rings. The first-order valence-electron chi connectivity index (χ1n) is 23.5. The van der Waals surface area contributed by atoms with Crippen LogP contribution in [-0.4, -0.2) is 79.8 Å². The number of hydrogen-bond donors (Lipinski definition) is 1. The second-order valence-electron chi connectivity index (χ2n) is 16.2. The fraction of sp³-hybridized carbons (Fsp3) is 0.894. The summed E-state index contributed by atoms with van der Waals surface area (Å²) in [5.41, 5.74) is 0. The van der Waals surface area contributed by atoms with E-state index in [0.717, 1.165) is 82.7 Å². The van der Waals surface area contributed by atoms with Crippen LogP contribution in [-0.2, 0) is 19.1 Å². The Morgan fingerprint density at radius 1 is 0.564 bits per heavy atom. The highest BCUT2D eigenvalue weighted by atomic mass is 32.1. The van der Waals surface area contributed by atoms with Gasteiger partial charge < -0.3 is 24.6 Å². The summed E-state index contributed by atoms with van der Waals surface area (Å²) in [6, 6.07) is 0. The molecule has 0 rings (SSSR count). The summed E-state index contributed by atoms with van der Waals surface area (Å²) in [4.78, 5) is 29.4. The molecule has 0 aliphatic rings. The third-order valence-electron chi connectivity index (χ3n) is 10.6. The first kappa shape index (κ1) is 53.3. The lowest BCUT2D eigenvalue weighted by atomic mass is 10.0. The normalized spacial score (nSPS) is 12.0. The molecule has 0 radical (unpaired) electrons. The van der Waals surface area contributed by atoms with Crippen LogP contribution in [0.1, 0.15) is 220 Å². The van der Waals surface area contributed by atoms with Gasteiger partial charge >= 0.3 is 11.9 Å². The Hall–Kier alpha value is -1.67.